The molecular weight excluding hydrogens is 334 g/mol. The number of nitrogens with two attached hydrogens (primary N) is 1. The third-order valence-corrected chi connectivity index (χ3v) is 4.31. The van der Waals surface area contributed by atoms with Crippen LogP contribution in [0.3, 0.4) is 0 Å². The van der Waals surface area contributed by atoms with Gasteiger partial charge in [-0.15, -0.1) is 0 Å². The Kier molecular flexibility index (Phi) is 5.64. The Labute approximate surface area is 134 Å². The van der Waals surface area contributed by atoms with E-state index >= 15 is 0 Å². The minimum Gasteiger partial charge on any atom is -0.330 e. The first-order chi connectivity index (χ1) is 9.58. The Balaban J connectivity index is 2.09. The van der Waals surface area contributed by atoms with Crippen molar-refractivity contribution in [1.29, 1.82) is 0 Å². The van der Waals surface area contributed by atoms with Crippen LogP contribution in [0.4, 0.5) is 0 Å². The third kappa shape index (κ3) is 4.34. The highest BCUT2D eigenvalue weighted by atomic mass is 79.9. The molecule has 0 bridgehead atoms. The molecule has 0 aliphatic carbocycles. The van der Waals surface area contributed by atoms with Crippen LogP contribution in [0.5, 0.6) is 0 Å². The van der Waals surface area contributed by atoms with Crippen molar-refractivity contribution < 1.29 is 0 Å². The molecule has 2 rings (SSSR count). The topological polar surface area (TPSA) is 26.0 Å². The highest BCUT2D eigenvalue weighted by Crippen LogP contribution is 2.24. The molecule has 106 valence electrons. The van der Waals surface area contributed by atoms with Gasteiger partial charge < -0.3 is 5.73 Å². The summed E-state index contributed by atoms with van der Waals surface area (Å²) in [6.07, 6.45) is 1.90. The lowest BCUT2D eigenvalue weighted by Gasteiger charge is -2.16. The molecule has 0 fully saturated rings. The molecule has 2 aromatic carbocycles. The normalized spacial score (nSPS) is 12.4. The molecule has 2 N–H and O–H groups in total. The molecule has 0 aliphatic heterocycles. The van der Waals surface area contributed by atoms with Crippen LogP contribution < -0.4 is 5.73 Å². The van der Waals surface area contributed by atoms with Crippen LogP contribution >= 0.6 is 27.5 Å². The molecule has 0 spiro atoms. The molecule has 2 aromatic rings. The van der Waals surface area contributed by atoms with Crippen molar-refractivity contribution in [2.24, 2.45) is 11.7 Å². The van der Waals surface area contributed by atoms with E-state index in [2.05, 4.69) is 53.2 Å². The summed E-state index contributed by atoms with van der Waals surface area (Å²) in [7, 11) is 0. The minimum absolute atomic E-state index is 0.412. The molecule has 1 nitrogen and oxygen atoms in total. The molecule has 0 saturated carbocycles. The lowest BCUT2D eigenvalue weighted by Crippen LogP contribution is -2.19. The predicted octanol–water partition coefficient (Wildman–Crippen LogP) is 4.77. The number of hydrogen-bond acceptors (Lipinski definition) is 1. The van der Waals surface area contributed by atoms with Gasteiger partial charge in [-0.2, -0.15) is 0 Å². The summed E-state index contributed by atoms with van der Waals surface area (Å²) in [5.74, 6) is 0.412. The van der Waals surface area contributed by atoms with E-state index in [1.807, 2.05) is 12.1 Å². The van der Waals surface area contributed by atoms with Gasteiger partial charge in [-0.3, -0.25) is 0 Å². The summed E-state index contributed by atoms with van der Waals surface area (Å²) in [5, 5.41) is 0.807. The van der Waals surface area contributed by atoms with E-state index in [0.29, 0.717) is 12.5 Å². The average molecular weight is 353 g/mol. The van der Waals surface area contributed by atoms with Crippen molar-refractivity contribution in [2.45, 2.75) is 19.8 Å². The molecule has 20 heavy (non-hydrogen) atoms. The number of halogens is 2. The van der Waals surface area contributed by atoms with Crippen LogP contribution in [0, 0.1) is 12.8 Å². The second-order valence-corrected chi connectivity index (χ2v) is 6.56. The smallest absolute Gasteiger partial charge is 0.0449 e. The fourth-order valence-electron chi connectivity index (χ4n) is 2.41. The van der Waals surface area contributed by atoms with Crippen LogP contribution in [0.2, 0.25) is 5.02 Å². The molecule has 1 unspecified atom stereocenters. The molecule has 0 saturated heterocycles. The largest absolute Gasteiger partial charge is 0.330 e. The molecule has 0 radical (unpaired) electrons. The zero-order valence-corrected chi connectivity index (χ0v) is 13.9. The van der Waals surface area contributed by atoms with Gasteiger partial charge in [0.05, 0.1) is 0 Å². The van der Waals surface area contributed by atoms with Gasteiger partial charge in [-0.05, 0) is 55.5 Å². The summed E-state index contributed by atoms with van der Waals surface area (Å²) < 4.78 is 1.01. The van der Waals surface area contributed by atoms with Gasteiger partial charge in [0.25, 0.3) is 0 Å². The molecule has 0 amide bonds. The summed E-state index contributed by atoms with van der Waals surface area (Å²) in [6, 6.07) is 14.7. The van der Waals surface area contributed by atoms with Crippen molar-refractivity contribution in [2.75, 3.05) is 6.54 Å². The maximum Gasteiger partial charge on any atom is 0.0449 e. The van der Waals surface area contributed by atoms with Crippen LogP contribution in [0.25, 0.3) is 0 Å². The Hall–Kier alpha value is -0.830. The van der Waals surface area contributed by atoms with Crippen LogP contribution in [0.15, 0.2) is 46.9 Å². The summed E-state index contributed by atoms with van der Waals surface area (Å²) in [4.78, 5) is 0. The standard InChI is InChI=1S/C17H19BrClN/c1-12-3-2-4-13(7-12)8-14(11-20)9-15-5-6-16(18)10-17(15)19/h2-7,10,14H,8-9,11,20H2,1H3. The van der Waals surface area contributed by atoms with E-state index in [9.17, 15) is 0 Å². The summed E-state index contributed by atoms with van der Waals surface area (Å²) >= 11 is 9.72. The third-order valence-electron chi connectivity index (χ3n) is 3.46. The van der Waals surface area contributed by atoms with Crippen LogP contribution in [-0.2, 0) is 12.8 Å². The fourth-order valence-corrected chi connectivity index (χ4v) is 3.16. The number of hydrogen-bond donors (Lipinski definition) is 1. The molecule has 0 aliphatic rings. The fraction of sp³-hybridized carbons (Fsp3) is 0.294. The molecule has 1 atom stereocenters. The van der Waals surface area contributed by atoms with E-state index in [4.69, 9.17) is 17.3 Å². The monoisotopic (exact) mass is 351 g/mol. The molecule has 0 heterocycles. The lowest BCUT2D eigenvalue weighted by molar-refractivity contribution is 0.533. The van der Waals surface area contributed by atoms with Gasteiger partial charge in [-0.1, -0.05) is 63.4 Å². The Bertz CT molecular complexity index is 583. The number of rotatable bonds is 5. The zero-order chi connectivity index (χ0) is 14.5. The van der Waals surface area contributed by atoms with Gasteiger partial charge in [0.2, 0.25) is 0 Å². The van der Waals surface area contributed by atoms with Crippen molar-refractivity contribution in [3.8, 4) is 0 Å². The Morgan fingerprint density at radius 1 is 1.15 bits per heavy atom. The van der Waals surface area contributed by atoms with Crippen LogP contribution in [0.1, 0.15) is 16.7 Å². The first kappa shape index (κ1) is 15.6. The van der Waals surface area contributed by atoms with Crippen molar-refractivity contribution in [3.63, 3.8) is 0 Å². The summed E-state index contributed by atoms with van der Waals surface area (Å²) in [5.41, 5.74) is 9.73. The Morgan fingerprint density at radius 2 is 1.95 bits per heavy atom. The van der Waals surface area contributed by atoms with Crippen molar-refractivity contribution >= 4 is 27.5 Å². The van der Waals surface area contributed by atoms with E-state index in [0.717, 1.165) is 27.9 Å². The Morgan fingerprint density at radius 3 is 2.60 bits per heavy atom. The molecule has 0 aromatic heterocycles. The van der Waals surface area contributed by atoms with Gasteiger partial charge in [0.1, 0.15) is 0 Å². The minimum atomic E-state index is 0.412. The van der Waals surface area contributed by atoms with Gasteiger partial charge in [-0.25, -0.2) is 0 Å². The highest BCUT2D eigenvalue weighted by molar-refractivity contribution is 9.10. The first-order valence-corrected chi connectivity index (χ1v) is 7.95. The van der Waals surface area contributed by atoms with E-state index in [-0.39, 0.29) is 0 Å². The van der Waals surface area contributed by atoms with E-state index in [1.165, 1.54) is 11.1 Å². The van der Waals surface area contributed by atoms with E-state index < -0.39 is 0 Å². The maximum absolute atomic E-state index is 6.29. The number of aryl methyl sites for hydroxylation is 1. The second-order valence-electron chi connectivity index (χ2n) is 5.23. The quantitative estimate of drug-likeness (QED) is 0.824. The van der Waals surface area contributed by atoms with Crippen molar-refractivity contribution in [3.05, 3.63) is 68.7 Å². The second kappa shape index (κ2) is 7.26. The van der Waals surface area contributed by atoms with Gasteiger partial charge in [0, 0.05) is 9.50 Å². The van der Waals surface area contributed by atoms with Gasteiger partial charge in [0.15, 0.2) is 0 Å². The predicted molar refractivity (Wildman–Crippen MR) is 90.3 cm³/mol. The van der Waals surface area contributed by atoms with Crippen LogP contribution in [-0.4, -0.2) is 6.54 Å². The lowest BCUT2D eigenvalue weighted by atomic mass is 9.92. The van der Waals surface area contributed by atoms with Crippen molar-refractivity contribution in [1.82, 2.24) is 0 Å². The first-order valence-electron chi connectivity index (χ1n) is 6.78. The highest BCUT2D eigenvalue weighted by Gasteiger charge is 2.11. The van der Waals surface area contributed by atoms with Gasteiger partial charge >= 0.3 is 0 Å². The molecular formula is C17H19BrClN. The average Bonchev–Trinajstić information content (AvgIpc) is 2.41. The van der Waals surface area contributed by atoms with E-state index in [1.54, 1.807) is 0 Å². The molecule has 3 heteroatoms. The summed E-state index contributed by atoms with van der Waals surface area (Å²) in [6.45, 7) is 2.78. The zero-order valence-electron chi connectivity index (χ0n) is 11.6. The maximum atomic E-state index is 6.29. The number of benzene rings is 2. The SMILES string of the molecule is Cc1cccc(CC(CN)Cc2ccc(Br)cc2Cl)c1.